The SMILES string of the molecule is COc1ccc(-c2nc3ncccn3c2NC(=O)C(C)n2nc3c(cc2=O)CCC3)cc1. The molecule has 0 saturated heterocycles. The summed E-state index contributed by atoms with van der Waals surface area (Å²) in [6.07, 6.45) is 6.08. The normalized spacial score (nSPS) is 13.7. The van der Waals surface area contributed by atoms with Gasteiger partial charge in [0.15, 0.2) is 0 Å². The van der Waals surface area contributed by atoms with E-state index in [-0.39, 0.29) is 11.5 Å². The van der Waals surface area contributed by atoms with Crippen LogP contribution in [0.3, 0.4) is 0 Å². The Kier molecular flexibility index (Phi) is 4.93. The molecule has 1 aromatic carbocycles. The van der Waals surface area contributed by atoms with Gasteiger partial charge in [0.1, 0.15) is 23.3 Å². The number of imidazole rings is 1. The molecule has 1 amide bonds. The topological polar surface area (TPSA) is 103 Å². The lowest BCUT2D eigenvalue weighted by molar-refractivity contribution is -0.119. The first kappa shape index (κ1) is 19.9. The van der Waals surface area contributed by atoms with Crippen LogP contribution < -0.4 is 15.6 Å². The third-order valence-corrected chi connectivity index (χ3v) is 5.74. The number of nitrogens with zero attached hydrogens (tertiary/aromatic N) is 5. The Morgan fingerprint density at radius 2 is 2.03 bits per heavy atom. The number of aromatic nitrogens is 5. The van der Waals surface area contributed by atoms with E-state index in [1.807, 2.05) is 24.3 Å². The van der Waals surface area contributed by atoms with Gasteiger partial charge in [-0.25, -0.2) is 14.6 Å². The Morgan fingerprint density at radius 1 is 1.22 bits per heavy atom. The molecule has 1 N–H and O–H groups in total. The number of hydrogen-bond donors (Lipinski definition) is 1. The lowest BCUT2D eigenvalue weighted by Gasteiger charge is -2.15. The fraction of sp³-hybridized carbons (Fsp3) is 0.261. The van der Waals surface area contributed by atoms with E-state index in [9.17, 15) is 9.59 Å². The maximum absolute atomic E-state index is 13.2. The molecule has 9 nitrogen and oxygen atoms in total. The summed E-state index contributed by atoms with van der Waals surface area (Å²) >= 11 is 0. The van der Waals surface area contributed by atoms with Crippen molar-refractivity contribution >= 4 is 17.5 Å². The van der Waals surface area contributed by atoms with Gasteiger partial charge in [0.05, 0.1) is 12.8 Å². The Bertz CT molecular complexity index is 1370. The number of carbonyl (C=O) groups excluding carboxylic acids is 1. The highest BCUT2D eigenvalue weighted by atomic mass is 16.5. The van der Waals surface area contributed by atoms with E-state index in [1.165, 1.54) is 4.68 Å². The lowest BCUT2D eigenvalue weighted by Crippen LogP contribution is -2.34. The Labute approximate surface area is 183 Å². The Hall–Kier alpha value is -4.01. The van der Waals surface area contributed by atoms with Crippen molar-refractivity contribution in [2.45, 2.75) is 32.2 Å². The van der Waals surface area contributed by atoms with Gasteiger partial charge in [0, 0.05) is 24.0 Å². The van der Waals surface area contributed by atoms with Crippen molar-refractivity contribution in [3.8, 4) is 17.0 Å². The molecule has 1 unspecified atom stereocenters. The molecule has 1 aliphatic carbocycles. The van der Waals surface area contributed by atoms with Crippen molar-refractivity contribution in [3.05, 3.63) is 70.4 Å². The fourth-order valence-electron chi connectivity index (χ4n) is 3.98. The van der Waals surface area contributed by atoms with Gasteiger partial charge in [-0.15, -0.1) is 0 Å². The molecule has 0 aliphatic heterocycles. The number of anilines is 1. The third-order valence-electron chi connectivity index (χ3n) is 5.74. The maximum Gasteiger partial charge on any atom is 0.267 e. The van der Waals surface area contributed by atoms with Gasteiger partial charge in [-0.2, -0.15) is 5.10 Å². The van der Waals surface area contributed by atoms with Crippen molar-refractivity contribution in [2.24, 2.45) is 0 Å². The Morgan fingerprint density at radius 3 is 2.81 bits per heavy atom. The minimum absolute atomic E-state index is 0.275. The first-order valence-corrected chi connectivity index (χ1v) is 10.4. The van der Waals surface area contributed by atoms with Gasteiger partial charge in [0.2, 0.25) is 11.7 Å². The van der Waals surface area contributed by atoms with E-state index < -0.39 is 6.04 Å². The highest BCUT2D eigenvalue weighted by Crippen LogP contribution is 2.30. The van der Waals surface area contributed by atoms with Crippen LogP contribution in [0.4, 0.5) is 5.82 Å². The van der Waals surface area contributed by atoms with Crippen molar-refractivity contribution in [3.63, 3.8) is 0 Å². The highest BCUT2D eigenvalue weighted by molar-refractivity contribution is 5.96. The second kappa shape index (κ2) is 7.92. The number of methoxy groups -OCH3 is 1. The number of nitrogens with one attached hydrogen (secondary N) is 1. The summed E-state index contributed by atoms with van der Waals surface area (Å²) in [4.78, 5) is 34.7. The van der Waals surface area contributed by atoms with Crippen molar-refractivity contribution in [2.75, 3.05) is 12.4 Å². The van der Waals surface area contributed by atoms with Crippen LogP contribution in [0.2, 0.25) is 0 Å². The van der Waals surface area contributed by atoms with Gasteiger partial charge >= 0.3 is 0 Å². The molecule has 0 spiro atoms. The van der Waals surface area contributed by atoms with E-state index >= 15 is 0 Å². The monoisotopic (exact) mass is 430 g/mol. The van der Waals surface area contributed by atoms with Crippen molar-refractivity contribution < 1.29 is 9.53 Å². The van der Waals surface area contributed by atoms with Crippen LogP contribution in [0.15, 0.2) is 53.6 Å². The summed E-state index contributed by atoms with van der Waals surface area (Å²) in [5.41, 5.74) is 2.97. The average molecular weight is 430 g/mol. The second-order valence-electron chi connectivity index (χ2n) is 7.75. The van der Waals surface area contributed by atoms with E-state index in [0.29, 0.717) is 17.3 Å². The molecule has 0 fully saturated rings. The zero-order valence-electron chi connectivity index (χ0n) is 17.8. The van der Waals surface area contributed by atoms with Crippen LogP contribution in [0, 0.1) is 0 Å². The van der Waals surface area contributed by atoms with Gasteiger partial charge < -0.3 is 10.1 Å². The summed E-state index contributed by atoms with van der Waals surface area (Å²) in [6, 6.07) is 9.96. The molecule has 162 valence electrons. The molecule has 0 saturated carbocycles. The number of aryl methyl sites for hydroxylation is 2. The van der Waals surface area contributed by atoms with Crippen LogP contribution in [-0.4, -0.2) is 37.2 Å². The maximum atomic E-state index is 13.2. The summed E-state index contributed by atoms with van der Waals surface area (Å²) in [5, 5.41) is 7.40. The molecular formula is C23H22N6O3. The number of ether oxygens (including phenoxy) is 1. The van der Waals surface area contributed by atoms with E-state index in [1.54, 1.807) is 43.0 Å². The van der Waals surface area contributed by atoms with Crippen molar-refractivity contribution in [1.82, 2.24) is 24.1 Å². The van der Waals surface area contributed by atoms with Crippen LogP contribution in [-0.2, 0) is 17.6 Å². The van der Waals surface area contributed by atoms with Gasteiger partial charge in [0.25, 0.3) is 5.56 Å². The molecule has 0 radical (unpaired) electrons. The Balaban J connectivity index is 1.52. The first-order valence-electron chi connectivity index (χ1n) is 10.4. The van der Waals surface area contributed by atoms with E-state index in [4.69, 9.17) is 4.74 Å². The molecule has 5 rings (SSSR count). The van der Waals surface area contributed by atoms with Gasteiger partial charge in [-0.1, -0.05) is 0 Å². The lowest BCUT2D eigenvalue weighted by atomic mass is 10.1. The van der Waals surface area contributed by atoms with Crippen LogP contribution in [0.1, 0.15) is 30.6 Å². The molecule has 9 heteroatoms. The second-order valence-corrected chi connectivity index (χ2v) is 7.75. The first-order chi connectivity index (χ1) is 15.5. The summed E-state index contributed by atoms with van der Waals surface area (Å²) in [7, 11) is 1.60. The molecule has 3 aromatic heterocycles. The largest absolute Gasteiger partial charge is 0.497 e. The summed E-state index contributed by atoms with van der Waals surface area (Å²) in [6.45, 7) is 1.67. The number of amides is 1. The van der Waals surface area contributed by atoms with Crippen molar-refractivity contribution in [1.29, 1.82) is 0 Å². The van der Waals surface area contributed by atoms with E-state index in [0.717, 1.165) is 41.8 Å². The number of rotatable bonds is 5. The standard InChI is InChI=1S/C23H22N6O3/c1-14(29-19(30)13-16-5-3-6-18(16)27-29)22(31)26-21-20(15-7-9-17(32-2)10-8-15)25-23-24-11-4-12-28(21)23/h4,7-14H,3,5-6H2,1-2H3,(H,26,31). The zero-order chi connectivity index (χ0) is 22.2. The van der Waals surface area contributed by atoms with Crippen LogP contribution >= 0.6 is 0 Å². The quantitative estimate of drug-likeness (QED) is 0.522. The van der Waals surface area contributed by atoms with Gasteiger partial charge in [-0.3, -0.25) is 14.0 Å². The molecule has 32 heavy (non-hydrogen) atoms. The smallest absolute Gasteiger partial charge is 0.267 e. The highest BCUT2D eigenvalue weighted by Gasteiger charge is 2.24. The van der Waals surface area contributed by atoms with Crippen LogP contribution in [0.5, 0.6) is 5.75 Å². The molecular weight excluding hydrogens is 408 g/mol. The molecule has 4 aromatic rings. The molecule has 0 bridgehead atoms. The number of benzene rings is 1. The predicted octanol–water partition coefficient (Wildman–Crippen LogP) is 2.65. The van der Waals surface area contributed by atoms with E-state index in [2.05, 4.69) is 20.4 Å². The minimum atomic E-state index is -0.792. The van der Waals surface area contributed by atoms with Crippen LogP contribution in [0.25, 0.3) is 17.0 Å². The third kappa shape index (κ3) is 3.41. The molecule has 1 atom stereocenters. The van der Waals surface area contributed by atoms with Gasteiger partial charge in [-0.05, 0) is 62.1 Å². The molecule has 3 heterocycles. The predicted molar refractivity (Wildman–Crippen MR) is 119 cm³/mol. The number of hydrogen-bond acceptors (Lipinski definition) is 6. The summed E-state index contributed by atoms with van der Waals surface area (Å²) in [5.74, 6) is 1.29. The number of carbonyl (C=O) groups is 1. The zero-order valence-corrected chi connectivity index (χ0v) is 17.8. The molecule has 1 aliphatic rings. The fourth-order valence-corrected chi connectivity index (χ4v) is 3.98. The summed E-state index contributed by atoms with van der Waals surface area (Å²) < 4.78 is 8.20. The number of fused-ring (bicyclic) bond motifs is 2. The average Bonchev–Trinajstić information content (AvgIpc) is 3.42. The minimum Gasteiger partial charge on any atom is -0.497 e.